The summed E-state index contributed by atoms with van der Waals surface area (Å²) in [5.74, 6) is 1.30. The van der Waals surface area contributed by atoms with Crippen LogP contribution in [0.2, 0.25) is 5.02 Å². The fourth-order valence-electron chi connectivity index (χ4n) is 4.10. The maximum Gasteiger partial charge on any atom is 0.319 e. The Bertz CT molecular complexity index is 1270. The van der Waals surface area contributed by atoms with Crippen LogP contribution >= 0.6 is 11.6 Å². The number of halogens is 1. The van der Waals surface area contributed by atoms with Gasteiger partial charge in [0.25, 0.3) is 0 Å². The van der Waals surface area contributed by atoms with Crippen molar-refractivity contribution in [3.63, 3.8) is 0 Å². The van der Waals surface area contributed by atoms with Gasteiger partial charge in [-0.1, -0.05) is 18.0 Å². The Morgan fingerprint density at radius 3 is 2.75 bits per heavy atom. The normalized spacial score (nSPS) is 14.6. The Balaban J connectivity index is 1.50. The number of nitriles is 1. The van der Waals surface area contributed by atoms with Crippen LogP contribution in [-0.4, -0.2) is 60.4 Å². The highest BCUT2D eigenvalue weighted by Gasteiger charge is 2.17. The molecule has 0 bridgehead atoms. The Hall–Kier alpha value is -3.58. The number of benzene rings is 2. The Kier molecular flexibility index (Phi) is 8.44. The lowest BCUT2D eigenvalue weighted by molar-refractivity contribution is 0.0617. The number of carbonyl (C=O) groups excluding carboxylic acids is 1. The third-order valence-corrected chi connectivity index (χ3v) is 6.23. The summed E-state index contributed by atoms with van der Waals surface area (Å²) >= 11 is 6.29. The second-order valence-corrected chi connectivity index (χ2v) is 8.97. The molecule has 3 N–H and O–H groups in total. The van der Waals surface area contributed by atoms with Crippen LogP contribution in [0.1, 0.15) is 24.8 Å². The van der Waals surface area contributed by atoms with Gasteiger partial charge >= 0.3 is 6.03 Å². The number of hydrogen-bond acceptors (Lipinski definition) is 7. The number of pyridine rings is 1. The molecule has 2 amide bonds. The SMILES string of the molecule is CNC(=O)Nc1ccc(Oc2ccnc3cc(OCC(O)CN4CCCCC4)c(C#N)cc23)cc1Cl. The fourth-order valence-corrected chi connectivity index (χ4v) is 4.31. The van der Waals surface area contributed by atoms with Crippen molar-refractivity contribution in [3.8, 4) is 23.3 Å². The van der Waals surface area contributed by atoms with E-state index in [4.69, 9.17) is 21.1 Å². The lowest BCUT2D eigenvalue weighted by Gasteiger charge is -2.28. The minimum absolute atomic E-state index is 0.0851. The summed E-state index contributed by atoms with van der Waals surface area (Å²) in [6.07, 6.45) is 4.48. The molecule has 4 rings (SSSR count). The van der Waals surface area contributed by atoms with E-state index in [-0.39, 0.29) is 12.6 Å². The Labute approximate surface area is 214 Å². The predicted octanol–water partition coefficient (Wildman–Crippen LogP) is 4.53. The molecule has 0 aliphatic carbocycles. The van der Waals surface area contributed by atoms with Crippen LogP contribution in [0.15, 0.2) is 42.6 Å². The largest absolute Gasteiger partial charge is 0.489 e. The molecule has 0 radical (unpaired) electrons. The zero-order valence-corrected chi connectivity index (χ0v) is 20.7. The van der Waals surface area contributed by atoms with Gasteiger partial charge in [0.15, 0.2) is 0 Å². The molecule has 9 nitrogen and oxygen atoms in total. The van der Waals surface area contributed by atoms with E-state index < -0.39 is 6.10 Å². The Morgan fingerprint density at radius 2 is 2.03 bits per heavy atom. The molecular formula is C26H28ClN5O4. The third-order valence-electron chi connectivity index (χ3n) is 5.92. The zero-order chi connectivity index (χ0) is 25.5. The van der Waals surface area contributed by atoms with Crippen LogP contribution in [0.4, 0.5) is 10.5 Å². The van der Waals surface area contributed by atoms with Gasteiger partial charge in [0.2, 0.25) is 0 Å². The Morgan fingerprint density at radius 1 is 1.22 bits per heavy atom. The first-order valence-electron chi connectivity index (χ1n) is 11.8. The highest BCUT2D eigenvalue weighted by molar-refractivity contribution is 6.33. The van der Waals surface area contributed by atoms with E-state index in [1.54, 1.807) is 42.6 Å². The van der Waals surface area contributed by atoms with Gasteiger partial charge in [-0.15, -0.1) is 0 Å². The highest BCUT2D eigenvalue weighted by atomic mass is 35.5. The monoisotopic (exact) mass is 509 g/mol. The first kappa shape index (κ1) is 25.5. The van der Waals surface area contributed by atoms with Gasteiger partial charge in [-0.3, -0.25) is 4.98 Å². The number of likely N-dealkylation sites (tertiary alicyclic amines) is 1. The summed E-state index contributed by atoms with van der Waals surface area (Å²) in [5.41, 5.74) is 1.34. The molecule has 1 saturated heterocycles. The number of rotatable bonds is 8. The molecule has 188 valence electrons. The van der Waals surface area contributed by atoms with Gasteiger partial charge < -0.3 is 30.1 Å². The first-order valence-corrected chi connectivity index (χ1v) is 12.2. The number of nitrogens with one attached hydrogen (secondary N) is 2. The summed E-state index contributed by atoms with van der Waals surface area (Å²) in [4.78, 5) is 18.2. The van der Waals surface area contributed by atoms with E-state index in [2.05, 4.69) is 26.6 Å². The minimum Gasteiger partial charge on any atom is -0.489 e. The van der Waals surface area contributed by atoms with Gasteiger partial charge in [0.05, 0.1) is 21.8 Å². The van der Waals surface area contributed by atoms with Gasteiger partial charge in [-0.2, -0.15) is 5.26 Å². The standard InChI is InChI=1S/C26H28ClN5O4/c1-29-26(34)31-22-6-5-19(12-21(22)27)36-24-7-8-30-23-13-25(17(14-28)11-20(23)24)35-16-18(33)15-32-9-3-2-4-10-32/h5-8,11-13,18,33H,2-4,9-10,15-16H2,1H3,(H2,29,31,34). The first-order chi connectivity index (χ1) is 17.5. The maximum absolute atomic E-state index is 11.5. The molecule has 10 heteroatoms. The summed E-state index contributed by atoms with van der Waals surface area (Å²) in [6.45, 7) is 2.61. The second-order valence-electron chi connectivity index (χ2n) is 8.56. The van der Waals surface area contributed by atoms with Crippen molar-refractivity contribution in [1.82, 2.24) is 15.2 Å². The topological polar surface area (TPSA) is 120 Å². The average Bonchev–Trinajstić information content (AvgIpc) is 2.89. The number of amides is 2. The number of carbonyl (C=O) groups is 1. The van der Waals surface area contributed by atoms with E-state index in [9.17, 15) is 15.2 Å². The molecule has 2 aromatic carbocycles. The van der Waals surface area contributed by atoms with Crippen molar-refractivity contribution >= 4 is 34.2 Å². The lowest BCUT2D eigenvalue weighted by Crippen LogP contribution is -2.38. The molecule has 1 fully saturated rings. The van der Waals surface area contributed by atoms with Crippen molar-refractivity contribution in [2.45, 2.75) is 25.4 Å². The predicted molar refractivity (Wildman–Crippen MR) is 138 cm³/mol. The van der Waals surface area contributed by atoms with Gasteiger partial charge in [-0.05, 0) is 50.2 Å². The highest BCUT2D eigenvalue weighted by Crippen LogP contribution is 2.35. The number of nitrogens with zero attached hydrogens (tertiary/aromatic N) is 3. The molecule has 3 aromatic rings. The van der Waals surface area contributed by atoms with E-state index in [0.717, 1.165) is 25.9 Å². The number of aliphatic hydroxyl groups excluding tert-OH is 1. The summed E-state index contributed by atoms with van der Waals surface area (Å²) < 4.78 is 11.9. The number of aromatic nitrogens is 1. The van der Waals surface area contributed by atoms with E-state index >= 15 is 0 Å². The molecule has 2 heterocycles. The van der Waals surface area contributed by atoms with E-state index in [1.165, 1.54) is 13.5 Å². The van der Waals surface area contributed by atoms with Crippen LogP contribution < -0.4 is 20.1 Å². The number of aliphatic hydroxyl groups is 1. The molecule has 1 atom stereocenters. The number of β-amino-alcohol motifs (C(OH)–C–C–N with tert-alkyl or cyclic N) is 1. The molecule has 0 saturated carbocycles. The van der Waals surface area contributed by atoms with Crippen LogP contribution in [0.5, 0.6) is 17.2 Å². The zero-order valence-electron chi connectivity index (χ0n) is 20.0. The number of piperidine rings is 1. The number of hydrogen-bond donors (Lipinski definition) is 3. The number of urea groups is 1. The maximum atomic E-state index is 11.5. The summed E-state index contributed by atoms with van der Waals surface area (Å²) in [5, 5.41) is 26.2. The smallest absolute Gasteiger partial charge is 0.319 e. The molecule has 0 spiro atoms. The van der Waals surface area contributed by atoms with Crippen molar-refractivity contribution in [1.29, 1.82) is 5.26 Å². The van der Waals surface area contributed by atoms with Crippen molar-refractivity contribution < 1.29 is 19.4 Å². The molecule has 1 aliphatic rings. The fraction of sp³-hybridized carbons (Fsp3) is 0.346. The van der Waals surface area contributed by atoms with Crippen LogP contribution in [0.3, 0.4) is 0 Å². The molecule has 36 heavy (non-hydrogen) atoms. The molecule has 1 aromatic heterocycles. The minimum atomic E-state index is -0.654. The third kappa shape index (κ3) is 6.34. The van der Waals surface area contributed by atoms with Crippen molar-refractivity contribution in [2.75, 3.05) is 38.6 Å². The van der Waals surface area contributed by atoms with Crippen molar-refractivity contribution in [2.24, 2.45) is 0 Å². The molecule has 1 unspecified atom stereocenters. The van der Waals surface area contributed by atoms with Gasteiger partial charge in [-0.25, -0.2) is 4.79 Å². The molecular weight excluding hydrogens is 482 g/mol. The van der Waals surface area contributed by atoms with Crippen molar-refractivity contribution in [3.05, 3.63) is 53.2 Å². The van der Waals surface area contributed by atoms with Crippen LogP contribution in [0.25, 0.3) is 10.9 Å². The molecule has 1 aliphatic heterocycles. The number of anilines is 1. The van der Waals surface area contributed by atoms with E-state index in [0.29, 0.717) is 51.0 Å². The summed E-state index contributed by atoms with van der Waals surface area (Å²) in [7, 11) is 1.51. The van der Waals surface area contributed by atoms with Crippen LogP contribution in [-0.2, 0) is 0 Å². The lowest BCUT2D eigenvalue weighted by atomic mass is 10.1. The number of ether oxygens (including phenoxy) is 2. The van der Waals surface area contributed by atoms with Crippen LogP contribution in [0, 0.1) is 11.3 Å². The quantitative estimate of drug-likeness (QED) is 0.408. The average molecular weight is 510 g/mol. The van der Waals surface area contributed by atoms with Gasteiger partial charge in [0.1, 0.15) is 36.0 Å². The second kappa shape index (κ2) is 11.9. The van der Waals surface area contributed by atoms with Gasteiger partial charge in [0, 0.05) is 37.3 Å². The number of fused-ring (bicyclic) bond motifs is 1. The van der Waals surface area contributed by atoms with E-state index in [1.807, 2.05) is 0 Å². The summed E-state index contributed by atoms with van der Waals surface area (Å²) in [6, 6.07) is 11.7.